The summed E-state index contributed by atoms with van der Waals surface area (Å²) in [5.41, 5.74) is 0.935. The molecule has 1 saturated heterocycles. The summed E-state index contributed by atoms with van der Waals surface area (Å²) >= 11 is 0. The van der Waals surface area contributed by atoms with Gasteiger partial charge in [0.05, 0.1) is 19.1 Å². The molecule has 1 aromatic carbocycles. The van der Waals surface area contributed by atoms with Crippen molar-refractivity contribution in [2.75, 3.05) is 33.4 Å². The van der Waals surface area contributed by atoms with Crippen molar-refractivity contribution < 1.29 is 22.7 Å². The van der Waals surface area contributed by atoms with Gasteiger partial charge in [-0.3, -0.25) is 4.79 Å². The first-order valence-electron chi connectivity index (χ1n) is 10.7. The minimum Gasteiger partial charge on any atom is -0.495 e. The van der Waals surface area contributed by atoms with Crippen LogP contribution in [-0.2, 0) is 19.6 Å². The van der Waals surface area contributed by atoms with E-state index in [1.807, 2.05) is 33.8 Å². The Balaban J connectivity index is 2.07. The van der Waals surface area contributed by atoms with Crippen molar-refractivity contribution in [1.82, 2.24) is 9.62 Å². The average Bonchev–Trinajstić information content (AvgIpc) is 2.72. The van der Waals surface area contributed by atoms with Crippen molar-refractivity contribution in [3.63, 3.8) is 0 Å². The summed E-state index contributed by atoms with van der Waals surface area (Å²) < 4.78 is 39.0. The summed E-state index contributed by atoms with van der Waals surface area (Å²) in [6, 6.07) is 5.28. The highest BCUT2D eigenvalue weighted by Crippen LogP contribution is 2.32. The fourth-order valence-electron chi connectivity index (χ4n) is 3.51. The van der Waals surface area contributed by atoms with E-state index in [9.17, 15) is 13.2 Å². The van der Waals surface area contributed by atoms with Gasteiger partial charge in [-0.15, -0.1) is 0 Å². The Kier molecular flexibility index (Phi) is 9.12. The van der Waals surface area contributed by atoms with Gasteiger partial charge in [-0.1, -0.05) is 19.9 Å². The molecular formula is C22H36N2O5S. The minimum atomic E-state index is -3.76. The van der Waals surface area contributed by atoms with Crippen LogP contribution in [0.15, 0.2) is 23.1 Å². The summed E-state index contributed by atoms with van der Waals surface area (Å²) in [6.45, 7) is 9.70. The number of carbonyl (C=O) groups excluding carboxylic acids is 1. The maximum Gasteiger partial charge on any atom is 0.246 e. The predicted octanol–water partition coefficient (Wildman–Crippen LogP) is 3.15. The maximum atomic E-state index is 13.4. The molecule has 8 heteroatoms. The maximum absolute atomic E-state index is 13.4. The molecule has 1 fully saturated rings. The van der Waals surface area contributed by atoms with Crippen molar-refractivity contribution in [1.29, 1.82) is 0 Å². The molecule has 1 heterocycles. The highest BCUT2D eigenvalue weighted by Gasteiger charge is 2.35. The second-order valence-corrected chi connectivity index (χ2v) is 10.2. The number of sulfonamides is 1. The second kappa shape index (κ2) is 11.1. The van der Waals surface area contributed by atoms with E-state index < -0.39 is 10.0 Å². The molecule has 1 aliphatic rings. The summed E-state index contributed by atoms with van der Waals surface area (Å²) in [5, 5.41) is 2.92. The average molecular weight is 441 g/mol. The Labute approximate surface area is 181 Å². The molecule has 0 aromatic heterocycles. The molecule has 170 valence electrons. The standard InChI is InChI=1S/C22H36N2O5S/c1-16(2)18-9-10-20(28-5)21(14-18)30(26,27)24-12-6-8-19(15-24)22(25)23-11-7-13-29-17(3)4/h9-10,14,16-17,19H,6-8,11-13,15H2,1-5H3,(H,23,25)/t19-/m0/s1. The number of piperidine rings is 1. The highest BCUT2D eigenvalue weighted by atomic mass is 32.2. The van der Waals surface area contributed by atoms with Crippen LogP contribution in [0.2, 0.25) is 0 Å². The van der Waals surface area contributed by atoms with E-state index in [4.69, 9.17) is 9.47 Å². The third-order valence-electron chi connectivity index (χ3n) is 5.30. The van der Waals surface area contributed by atoms with Crippen LogP contribution in [0.5, 0.6) is 5.75 Å². The van der Waals surface area contributed by atoms with Crippen molar-refractivity contribution in [2.45, 2.75) is 63.9 Å². The van der Waals surface area contributed by atoms with Crippen LogP contribution in [-0.4, -0.2) is 58.1 Å². The normalized spacial score (nSPS) is 18.0. The Morgan fingerprint density at radius 3 is 2.63 bits per heavy atom. The lowest BCUT2D eigenvalue weighted by molar-refractivity contribution is -0.126. The van der Waals surface area contributed by atoms with Crippen molar-refractivity contribution in [3.05, 3.63) is 23.8 Å². The largest absolute Gasteiger partial charge is 0.495 e. The van der Waals surface area contributed by atoms with E-state index in [1.54, 1.807) is 12.1 Å². The zero-order chi connectivity index (χ0) is 22.3. The lowest BCUT2D eigenvalue weighted by Crippen LogP contribution is -2.45. The molecule has 0 bridgehead atoms. The molecule has 1 N–H and O–H groups in total. The number of rotatable bonds is 10. The molecule has 0 unspecified atom stereocenters. The summed E-state index contributed by atoms with van der Waals surface area (Å²) in [5.74, 6) is 0.0849. The monoisotopic (exact) mass is 440 g/mol. The van der Waals surface area contributed by atoms with Gasteiger partial charge in [0.25, 0.3) is 0 Å². The van der Waals surface area contributed by atoms with Crippen LogP contribution in [0, 0.1) is 5.92 Å². The van der Waals surface area contributed by atoms with E-state index in [1.165, 1.54) is 11.4 Å². The number of methoxy groups -OCH3 is 1. The van der Waals surface area contributed by atoms with Gasteiger partial charge in [0.1, 0.15) is 10.6 Å². The van der Waals surface area contributed by atoms with Crippen LogP contribution in [0.4, 0.5) is 0 Å². The fourth-order valence-corrected chi connectivity index (χ4v) is 5.23. The Bertz CT molecular complexity index is 808. The Morgan fingerprint density at radius 2 is 2.00 bits per heavy atom. The van der Waals surface area contributed by atoms with Crippen molar-refractivity contribution in [2.24, 2.45) is 5.92 Å². The Morgan fingerprint density at radius 1 is 1.27 bits per heavy atom. The number of ether oxygens (including phenoxy) is 2. The van der Waals surface area contributed by atoms with E-state index in [-0.39, 0.29) is 35.3 Å². The van der Waals surface area contributed by atoms with Crippen LogP contribution >= 0.6 is 0 Å². The van der Waals surface area contributed by atoms with Crippen molar-refractivity contribution >= 4 is 15.9 Å². The van der Waals surface area contributed by atoms with Crippen LogP contribution in [0.25, 0.3) is 0 Å². The zero-order valence-electron chi connectivity index (χ0n) is 18.8. The smallest absolute Gasteiger partial charge is 0.246 e. The molecule has 1 amide bonds. The molecule has 0 radical (unpaired) electrons. The van der Waals surface area contributed by atoms with E-state index in [0.29, 0.717) is 38.3 Å². The van der Waals surface area contributed by atoms with E-state index in [0.717, 1.165) is 12.0 Å². The molecule has 0 saturated carbocycles. The zero-order valence-corrected chi connectivity index (χ0v) is 19.6. The molecule has 30 heavy (non-hydrogen) atoms. The summed E-state index contributed by atoms with van der Waals surface area (Å²) in [6.07, 6.45) is 2.24. The van der Waals surface area contributed by atoms with E-state index in [2.05, 4.69) is 5.32 Å². The number of benzene rings is 1. The lowest BCUT2D eigenvalue weighted by atomic mass is 9.99. The van der Waals surface area contributed by atoms with Crippen LogP contribution in [0.3, 0.4) is 0 Å². The fraction of sp³-hybridized carbons (Fsp3) is 0.682. The second-order valence-electron chi connectivity index (χ2n) is 8.33. The van der Waals surface area contributed by atoms with Gasteiger partial charge in [-0.05, 0) is 56.7 Å². The van der Waals surface area contributed by atoms with Gasteiger partial charge in [-0.2, -0.15) is 4.31 Å². The molecule has 1 aromatic rings. The van der Waals surface area contributed by atoms with Gasteiger partial charge in [0, 0.05) is 26.2 Å². The summed E-state index contributed by atoms with van der Waals surface area (Å²) in [7, 11) is -2.29. The third-order valence-corrected chi connectivity index (χ3v) is 7.18. The van der Waals surface area contributed by atoms with Gasteiger partial charge in [-0.25, -0.2) is 8.42 Å². The SMILES string of the molecule is COc1ccc(C(C)C)cc1S(=O)(=O)N1CCC[C@H](C(=O)NCCCOC(C)C)C1. The first-order valence-corrected chi connectivity index (χ1v) is 12.2. The molecule has 0 spiro atoms. The van der Waals surface area contributed by atoms with Crippen molar-refractivity contribution in [3.8, 4) is 5.75 Å². The molecule has 1 atom stereocenters. The lowest BCUT2D eigenvalue weighted by Gasteiger charge is -2.31. The molecule has 2 rings (SSSR count). The highest BCUT2D eigenvalue weighted by molar-refractivity contribution is 7.89. The molecular weight excluding hydrogens is 404 g/mol. The molecule has 1 aliphatic heterocycles. The van der Waals surface area contributed by atoms with Crippen LogP contribution < -0.4 is 10.1 Å². The number of amides is 1. The topological polar surface area (TPSA) is 84.9 Å². The third kappa shape index (κ3) is 6.43. The number of hydrogen-bond donors (Lipinski definition) is 1. The van der Waals surface area contributed by atoms with Gasteiger partial charge >= 0.3 is 0 Å². The van der Waals surface area contributed by atoms with Crippen LogP contribution in [0.1, 0.15) is 58.4 Å². The number of hydrogen-bond acceptors (Lipinski definition) is 5. The Hall–Kier alpha value is -1.64. The predicted molar refractivity (Wildman–Crippen MR) is 117 cm³/mol. The number of nitrogens with zero attached hydrogens (tertiary/aromatic N) is 1. The van der Waals surface area contributed by atoms with E-state index >= 15 is 0 Å². The first-order chi connectivity index (χ1) is 14.2. The molecule has 0 aliphatic carbocycles. The van der Waals surface area contributed by atoms with Gasteiger partial charge < -0.3 is 14.8 Å². The first kappa shape index (κ1) is 24.6. The molecule has 7 nitrogen and oxygen atoms in total. The summed E-state index contributed by atoms with van der Waals surface area (Å²) in [4.78, 5) is 12.7. The minimum absolute atomic E-state index is 0.0951. The number of carbonyl (C=O) groups is 1. The van der Waals surface area contributed by atoms with Gasteiger partial charge in [0.2, 0.25) is 15.9 Å². The number of nitrogens with one attached hydrogen (secondary N) is 1. The quantitative estimate of drug-likeness (QED) is 0.565. The van der Waals surface area contributed by atoms with Gasteiger partial charge in [0.15, 0.2) is 0 Å².